The number of rotatable bonds is 13. The molecule has 0 radical (unpaired) electrons. The maximum atomic E-state index is 13.6. The number of hydrogen-bond donors (Lipinski definition) is 5. The zero-order valence-electron chi connectivity index (χ0n) is 39.5. The van der Waals surface area contributed by atoms with Crippen LogP contribution in [-0.2, 0) is 19.9 Å². The number of carbonyl (C=O) groups excluding carboxylic acids is 2. The number of hydrogen-bond acceptors (Lipinski definition) is 11. The molecule has 5 heterocycles. The molecule has 4 unspecified atom stereocenters. The van der Waals surface area contributed by atoms with Crippen LogP contribution >= 0.6 is 11.6 Å². The number of benzene rings is 2. The number of likely N-dealkylation sites (tertiary alicyclic amines) is 1. The van der Waals surface area contributed by atoms with Crippen molar-refractivity contribution in [3.8, 4) is 17.6 Å². The summed E-state index contributed by atoms with van der Waals surface area (Å²) in [5, 5.41) is 34.7. The smallest absolute Gasteiger partial charge is 0.295 e. The summed E-state index contributed by atoms with van der Waals surface area (Å²) >= 11 is 6.27. The number of nitrogens with zero attached hydrogens (tertiary/aromatic N) is 4. The fourth-order valence-electron chi connectivity index (χ4n) is 11.6. The Kier molecular flexibility index (Phi) is 13.8. The largest absolute Gasteiger partial charge is 0.489 e. The summed E-state index contributed by atoms with van der Waals surface area (Å²) in [5.41, 5.74) is 1.55. The molecule has 8 rings (SSSR count). The van der Waals surface area contributed by atoms with Gasteiger partial charge in [0.2, 0.25) is 11.9 Å². The van der Waals surface area contributed by atoms with Crippen molar-refractivity contribution in [3.05, 3.63) is 64.3 Å². The lowest BCUT2D eigenvalue weighted by atomic mass is 9.49. The van der Waals surface area contributed by atoms with E-state index >= 15 is 0 Å². The Morgan fingerprint density at radius 2 is 1.74 bits per heavy atom. The van der Waals surface area contributed by atoms with Gasteiger partial charge in [-0.15, -0.1) is 0 Å². The summed E-state index contributed by atoms with van der Waals surface area (Å²) < 4.78 is 21.6. The van der Waals surface area contributed by atoms with Crippen molar-refractivity contribution in [2.75, 3.05) is 53.4 Å². The number of nitriles is 1. The Morgan fingerprint density at radius 1 is 1.02 bits per heavy atom. The third-order valence-electron chi connectivity index (χ3n) is 15.2. The van der Waals surface area contributed by atoms with Crippen LogP contribution in [0.15, 0.2) is 42.6 Å². The highest BCUT2D eigenvalue weighted by atomic mass is 35.5. The van der Waals surface area contributed by atoms with Gasteiger partial charge < -0.3 is 29.5 Å². The number of ether oxygens (including phenoxy) is 3. The van der Waals surface area contributed by atoms with Gasteiger partial charge in [0.25, 0.3) is 5.91 Å². The molecule has 0 spiro atoms. The van der Waals surface area contributed by atoms with Crippen molar-refractivity contribution >= 4 is 35.2 Å². The zero-order chi connectivity index (χ0) is 46.4. The minimum Gasteiger partial charge on any atom is -0.489 e. The third-order valence-corrected chi connectivity index (χ3v) is 15.5. The van der Waals surface area contributed by atoms with Gasteiger partial charge >= 0.3 is 0 Å². The van der Waals surface area contributed by atoms with Crippen LogP contribution in [0.2, 0.25) is 5.02 Å². The summed E-state index contributed by atoms with van der Waals surface area (Å²) in [6.07, 6.45) is 9.66. The summed E-state index contributed by atoms with van der Waals surface area (Å²) in [4.78, 5) is 30.8. The van der Waals surface area contributed by atoms with Gasteiger partial charge in [-0.05, 0) is 87.3 Å². The average Bonchev–Trinajstić information content (AvgIpc) is 3.67. The Balaban J connectivity index is 0.743. The van der Waals surface area contributed by atoms with E-state index in [-0.39, 0.29) is 71.3 Å². The van der Waals surface area contributed by atoms with Crippen LogP contribution in [0.25, 0.3) is 5.57 Å². The molecule has 1 saturated carbocycles. The quantitative estimate of drug-likeness (QED) is 0.172. The molecule has 2 aromatic carbocycles. The monoisotopic (exact) mass is 914 g/mol. The molecule has 5 aliphatic heterocycles. The molecule has 3 saturated heterocycles. The summed E-state index contributed by atoms with van der Waals surface area (Å²) in [5.74, 6) is 1.85. The average molecular weight is 915 g/mol. The van der Waals surface area contributed by atoms with E-state index in [1.165, 1.54) is 0 Å². The van der Waals surface area contributed by atoms with Gasteiger partial charge in [-0.1, -0.05) is 45.4 Å². The first kappa shape index (κ1) is 47.4. The second-order valence-electron chi connectivity index (χ2n) is 21.0. The van der Waals surface area contributed by atoms with Crippen LogP contribution in [-0.4, -0.2) is 128 Å². The molecule has 2 amide bonds. The summed E-state index contributed by atoms with van der Waals surface area (Å²) in [6.45, 7) is 16.7. The number of aliphatic hydroxyl groups is 1. The number of halogens is 1. The molecule has 65 heavy (non-hydrogen) atoms. The minimum atomic E-state index is -1.02. The van der Waals surface area contributed by atoms with E-state index in [4.69, 9.17) is 25.8 Å². The highest BCUT2D eigenvalue weighted by Crippen LogP contribution is 2.55. The predicted octanol–water partition coefficient (Wildman–Crippen LogP) is 5.02. The molecule has 15 heteroatoms. The van der Waals surface area contributed by atoms with E-state index in [1.807, 2.05) is 43.1 Å². The Hall–Kier alpha value is -4.07. The van der Waals surface area contributed by atoms with Crippen LogP contribution < -0.4 is 30.7 Å². The van der Waals surface area contributed by atoms with Crippen LogP contribution in [0.5, 0.6) is 11.5 Å². The Labute approximate surface area is 390 Å². The molecule has 4 atom stereocenters. The fourth-order valence-corrected chi connectivity index (χ4v) is 11.8. The van der Waals surface area contributed by atoms with Crippen molar-refractivity contribution in [2.24, 2.45) is 28.6 Å². The van der Waals surface area contributed by atoms with Gasteiger partial charge in [-0.25, -0.2) is 4.58 Å². The van der Waals surface area contributed by atoms with Crippen molar-refractivity contribution < 1.29 is 33.5 Å². The molecule has 0 aromatic heterocycles. The van der Waals surface area contributed by atoms with Crippen LogP contribution in [0.1, 0.15) is 96.8 Å². The first-order chi connectivity index (χ1) is 30.8. The topological polar surface area (TPSA) is 163 Å². The second kappa shape index (κ2) is 18.9. The molecule has 6 aliphatic rings. The molecule has 2 aromatic rings. The number of amides is 2. The number of piperidine rings is 2. The van der Waals surface area contributed by atoms with E-state index in [2.05, 4.69) is 66.1 Å². The molecule has 1 aliphatic carbocycles. The van der Waals surface area contributed by atoms with E-state index in [0.29, 0.717) is 35.3 Å². The molecule has 14 nitrogen and oxygen atoms in total. The predicted molar refractivity (Wildman–Crippen MR) is 250 cm³/mol. The number of likely N-dealkylation sites (N-methyl/N-ethyl adjacent to an activating group) is 2. The van der Waals surface area contributed by atoms with Crippen LogP contribution in [0, 0.1) is 39.9 Å². The summed E-state index contributed by atoms with van der Waals surface area (Å²) in [7, 11) is 3.78. The van der Waals surface area contributed by atoms with Crippen LogP contribution in [0.3, 0.4) is 0 Å². The minimum absolute atomic E-state index is 0.0210. The van der Waals surface area contributed by atoms with Crippen molar-refractivity contribution in [1.29, 1.82) is 5.26 Å². The SMILES string of the molecule is CN1C=C(c2cc(C(C)(C)O)ccc2OC2CCC(CCOC3CCN(C4NCC(C(=O)NC5C(C)(C)C(Oc6ccc(C#N)c(Cl)c6)C5(C)C)CN4)CC3)CN2)C2CC=[N+](C)C2C1=O. The normalized spacial score (nSPS) is 30.4. The standard InChI is InChI=1S/C50H69ClN8O6/c1-48(2)45(49(3,4)46(48)64-35-12-10-31(25-52)39(51)24-35)56-43(60)32-27-54-47(55-28-32)59-20-15-34(16-21-59)63-22-18-30-9-14-41(53-26-30)65-40-13-11-33(50(5,6)62)23-37(40)38-29-58(8)44(61)42-36(38)17-19-57(42)7/h10-13,19,23-24,29-30,32,34,36,41-42,45-47,53-55,62H,9,14-18,20-22,26-28H2,1-8H3/p+1. The van der Waals surface area contributed by atoms with E-state index in [9.17, 15) is 20.0 Å². The highest BCUT2D eigenvalue weighted by Gasteiger charge is 2.64. The van der Waals surface area contributed by atoms with Gasteiger partial charge in [0.1, 0.15) is 49.5 Å². The van der Waals surface area contributed by atoms with Gasteiger partial charge in [0, 0.05) is 87.5 Å². The molecular formula is C50H70ClN8O6+. The highest BCUT2D eigenvalue weighted by molar-refractivity contribution is 6.31. The Bertz CT molecular complexity index is 2180. The van der Waals surface area contributed by atoms with Crippen molar-refractivity contribution in [1.82, 2.24) is 31.1 Å². The number of nitrogens with one attached hydrogen (secondary N) is 4. The third kappa shape index (κ3) is 9.84. The fraction of sp³-hybridized carbons (Fsp3) is 0.640. The van der Waals surface area contributed by atoms with Gasteiger partial charge in [0.05, 0.1) is 34.1 Å². The molecular weight excluding hydrogens is 844 g/mol. The van der Waals surface area contributed by atoms with E-state index in [1.54, 1.807) is 36.9 Å². The van der Waals surface area contributed by atoms with Crippen molar-refractivity contribution in [2.45, 2.75) is 122 Å². The lowest BCUT2D eigenvalue weighted by Gasteiger charge is -2.63. The lowest BCUT2D eigenvalue weighted by molar-refractivity contribution is -0.516. The first-order valence-corrected chi connectivity index (χ1v) is 24.0. The molecule has 352 valence electrons. The molecule has 4 fully saturated rings. The van der Waals surface area contributed by atoms with E-state index in [0.717, 1.165) is 87.2 Å². The number of carbonyl (C=O) groups is 2. The first-order valence-electron chi connectivity index (χ1n) is 23.6. The van der Waals surface area contributed by atoms with Gasteiger partial charge in [-0.3, -0.25) is 30.4 Å². The van der Waals surface area contributed by atoms with Crippen LogP contribution in [0.4, 0.5) is 0 Å². The van der Waals surface area contributed by atoms with E-state index < -0.39 is 5.60 Å². The zero-order valence-corrected chi connectivity index (χ0v) is 40.2. The van der Waals surface area contributed by atoms with Crippen molar-refractivity contribution in [3.63, 3.8) is 0 Å². The molecule has 0 bridgehead atoms. The van der Waals surface area contributed by atoms with Gasteiger partial charge in [-0.2, -0.15) is 5.26 Å². The summed E-state index contributed by atoms with van der Waals surface area (Å²) in [6, 6.07) is 12.9. The maximum absolute atomic E-state index is 13.6. The van der Waals surface area contributed by atoms with Gasteiger partial charge in [0.15, 0.2) is 0 Å². The maximum Gasteiger partial charge on any atom is 0.295 e. The lowest BCUT2D eigenvalue weighted by Crippen LogP contribution is -2.75. The molecule has 5 N–H and O–H groups in total. The second-order valence-corrected chi connectivity index (χ2v) is 21.5. The Morgan fingerprint density at radius 3 is 2.38 bits per heavy atom. The number of fused-ring (bicyclic) bond motifs is 1.